The number of rotatable bonds is 1. The molecule has 2 bridgehead atoms. The minimum absolute atomic E-state index is 0.214. The van der Waals surface area contributed by atoms with Crippen molar-refractivity contribution in [3.05, 3.63) is 35.1 Å². The first-order valence-corrected chi connectivity index (χ1v) is 5.96. The van der Waals surface area contributed by atoms with Crippen LogP contribution in [0.15, 0.2) is 33.8 Å². The minimum Gasteiger partial charge on any atom is -0.406 e. The van der Waals surface area contributed by atoms with E-state index in [-0.39, 0.29) is 11.8 Å². The van der Waals surface area contributed by atoms with Gasteiger partial charge in [-0.2, -0.15) is 5.10 Å². The van der Waals surface area contributed by atoms with Crippen molar-refractivity contribution in [1.29, 1.82) is 0 Å². The maximum atomic E-state index is 12.2. The molecule has 3 aliphatic rings. The Hall–Kier alpha value is -2.44. The number of fused-ring (bicyclic) bond motifs is 3. The van der Waals surface area contributed by atoms with Gasteiger partial charge in [-0.1, -0.05) is 6.58 Å². The van der Waals surface area contributed by atoms with E-state index in [1.165, 1.54) is 10.8 Å². The molecule has 2 aromatic heterocycles. The lowest BCUT2D eigenvalue weighted by Gasteiger charge is -2.51. The number of hydrogen-bond acceptors (Lipinski definition) is 5. The zero-order valence-electron chi connectivity index (χ0n) is 9.92. The van der Waals surface area contributed by atoms with E-state index in [9.17, 15) is 9.59 Å². The molecular formula is C12H10N4O3. The molecule has 5 rings (SSSR count). The summed E-state index contributed by atoms with van der Waals surface area (Å²) in [7, 11) is 0. The highest BCUT2D eigenvalue weighted by atomic mass is 16.4. The van der Waals surface area contributed by atoms with Crippen molar-refractivity contribution < 1.29 is 9.21 Å². The van der Waals surface area contributed by atoms with Gasteiger partial charge >= 0.3 is 5.76 Å². The molecule has 7 nitrogen and oxygen atoms in total. The normalized spacial score (nSPS) is 29.2. The molecule has 7 heteroatoms. The van der Waals surface area contributed by atoms with Gasteiger partial charge in [0, 0.05) is 17.7 Å². The summed E-state index contributed by atoms with van der Waals surface area (Å²) in [6.45, 7) is 3.81. The molecule has 2 saturated heterocycles. The number of allylic oxidation sites excluding steroid dienone is 1. The maximum absolute atomic E-state index is 12.2. The molecule has 1 saturated carbocycles. The summed E-state index contributed by atoms with van der Waals surface area (Å²) in [6.07, 6.45) is 2.56. The summed E-state index contributed by atoms with van der Waals surface area (Å²) >= 11 is 0. The molecule has 1 aliphatic carbocycles. The van der Waals surface area contributed by atoms with Gasteiger partial charge in [0.15, 0.2) is 5.58 Å². The monoisotopic (exact) mass is 258 g/mol. The Kier molecular flexibility index (Phi) is 1.72. The second-order valence-corrected chi connectivity index (χ2v) is 5.04. The predicted molar refractivity (Wildman–Crippen MR) is 64.0 cm³/mol. The zero-order chi connectivity index (χ0) is 13.2. The van der Waals surface area contributed by atoms with Crippen molar-refractivity contribution in [1.82, 2.24) is 20.1 Å². The van der Waals surface area contributed by atoms with Crippen LogP contribution in [0.5, 0.6) is 0 Å². The van der Waals surface area contributed by atoms with E-state index >= 15 is 0 Å². The first-order chi connectivity index (χ1) is 9.12. The van der Waals surface area contributed by atoms with Gasteiger partial charge in [-0.15, -0.1) is 5.10 Å². The Balaban J connectivity index is 1.97. The highest BCUT2D eigenvalue weighted by molar-refractivity contribution is 5.90. The van der Waals surface area contributed by atoms with E-state index in [0.29, 0.717) is 24.1 Å². The fraction of sp³-hybridized carbons (Fsp3) is 0.333. The maximum Gasteiger partial charge on any atom is 0.422 e. The average Bonchev–Trinajstić information content (AvgIpc) is 2.64. The number of nitrogens with zero attached hydrogens (tertiary/aromatic N) is 3. The number of carbonyl (C=O) groups excluding carboxylic acids is 1. The summed E-state index contributed by atoms with van der Waals surface area (Å²) in [5.41, 5.74) is 0.479. The topological polar surface area (TPSA) is 90.0 Å². The van der Waals surface area contributed by atoms with Gasteiger partial charge in [-0.3, -0.25) is 4.79 Å². The Labute approximate surface area is 106 Å². The molecule has 96 valence electrons. The standard InChI is InChI=1S/C12H10N4O3/c1-6-7-4-12(5-7,10(17)14-6)16-9-8(19-11(16)18)2-3-13-15-9/h2-3,7H,1,4-5H2,(H,14,17). The number of oxazole rings is 1. The molecule has 0 aromatic carbocycles. The predicted octanol–water partition coefficient (Wildman–Crippen LogP) is 0.133. The van der Waals surface area contributed by atoms with E-state index in [1.54, 1.807) is 6.07 Å². The van der Waals surface area contributed by atoms with Gasteiger partial charge in [0.2, 0.25) is 5.65 Å². The lowest BCUT2D eigenvalue weighted by atomic mass is 9.63. The number of aromatic nitrogens is 3. The van der Waals surface area contributed by atoms with Crippen LogP contribution in [0, 0.1) is 5.92 Å². The van der Waals surface area contributed by atoms with Gasteiger partial charge in [0.25, 0.3) is 5.91 Å². The van der Waals surface area contributed by atoms with Crippen molar-refractivity contribution in [3.8, 4) is 0 Å². The van der Waals surface area contributed by atoms with Crippen LogP contribution in [0.25, 0.3) is 11.2 Å². The minimum atomic E-state index is -0.899. The van der Waals surface area contributed by atoms with Gasteiger partial charge in [0.05, 0.1) is 6.20 Å². The van der Waals surface area contributed by atoms with Gasteiger partial charge < -0.3 is 9.73 Å². The number of nitrogens with one attached hydrogen (secondary N) is 1. The third-order valence-electron chi connectivity index (χ3n) is 4.04. The lowest BCUT2D eigenvalue weighted by Crippen LogP contribution is -2.64. The van der Waals surface area contributed by atoms with Gasteiger partial charge in [0.1, 0.15) is 5.54 Å². The smallest absolute Gasteiger partial charge is 0.406 e. The third-order valence-corrected chi connectivity index (χ3v) is 4.04. The summed E-state index contributed by atoms with van der Waals surface area (Å²) in [4.78, 5) is 24.3. The summed E-state index contributed by atoms with van der Waals surface area (Å²) in [6, 6.07) is 1.56. The van der Waals surface area contributed by atoms with E-state index < -0.39 is 11.3 Å². The quantitative estimate of drug-likeness (QED) is 0.785. The molecule has 0 spiro atoms. The highest BCUT2D eigenvalue weighted by Gasteiger charge is 2.58. The Morgan fingerprint density at radius 1 is 1.47 bits per heavy atom. The van der Waals surface area contributed by atoms with Crippen LogP contribution >= 0.6 is 0 Å². The van der Waals surface area contributed by atoms with Crippen molar-refractivity contribution in [2.24, 2.45) is 5.92 Å². The Bertz CT molecular complexity index is 782. The van der Waals surface area contributed by atoms with Crippen LogP contribution in [0.1, 0.15) is 12.8 Å². The van der Waals surface area contributed by atoms with Crippen molar-refractivity contribution >= 4 is 17.1 Å². The highest BCUT2D eigenvalue weighted by Crippen LogP contribution is 2.50. The molecule has 1 amide bonds. The lowest BCUT2D eigenvalue weighted by molar-refractivity contribution is -0.140. The third kappa shape index (κ3) is 1.12. The summed E-state index contributed by atoms with van der Waals surface area (Å²) < 4.78 is 6.45. The SMILES string of the molecule is C=C1NC(=O)C2(n3c(=O)oc4ccnnc43)CC1C2. The number of carbonyl (C=O) groups is 1. The Morgan fingerprint density at radius 3 is 3.00 bits per heavy atom. The van der Waals surface area contributed by atoms with E-state index in [0.717, 1.165) is 5.70 Å². The van der Waals surface area contributed by atoms with Crippen LogP contribution < -0.4 is 11.1 Å². The van der Waals surface area contributed by atoms with Gasteiger partial charge in [-0.25, -0.2) is 9.36 Å². The van der Waals surface area contributed by atoms with Crippen LogP contribution in [-0.4, -0.2) is 20.7 Å². The van der Waals surface area contributed by atoms with Crippen molar-refractivity contribution in [2.75, 3.05) is 0 Å². The van der Waals surface area contributed by atoms with Crippen molar-refractivity contribution in [2.45, 2.75) is 18.4 Å². The van der Waals surface area contributed by atoms with Crippen LogP contribution in [-0.2, 0) is 10.3 Å². The first kappa shape index (κ1) is 10.5. The van der Waals surface area contributed by atoms with Crippen LogP contribution in [0.4, 0.5) is 0 Å². The molecule has 4 heterocycles. The molecule has 0 radical (unpaired) electrons. The molecule has 2 aromatic rings. The molecule has 3 fully saturated rings. The number of piperidine rings is 2. The fourth-order valence-corrected chi connectivity index (χ4v) is 2.99. The molecular weight excluding hydrogens is 248 g/mol. The van der Waals surface area contributed by atoms with Crippen LogP contribution in [0.2, 0.25) is 0 Å². The molecule has 0 unspecified atom stereocenters. The first-order valence-electron chi connectivity index (χ1n) is 5.96. The molecule has 19 heavy (non-hydrogen) atoms. The van der Waals surface area contributed by atoms with E-state index in [4.69, 9.17) is 4.42 Å². The number of hydrogen-bond donors (Lipinski definition) is 1. The summed E-state index contributed by atoms with van der Waals surface area (Å²) in [5, 5.41) is 10.4. The Morgan fingerprint density at radius 2 is 2.26 bits per heavy atom. The zero-order valence-corrected chi connectivity index (χ0v) is 9.92. The molecule has 0 atom stereocenters. The van der Waals surface area contributed by atoms with E-state index in [2.05, 4.69) is 22.1 Å². The molecule has 1 N–H and O–H groups in total. The second-order valence-electron chi connectivity index (χ2n) is 5.04. The van der Waals surface area contributed by atoms with Gasteiger partial charge in [-0.05, 0) is 12.8 Å². The fourth-order valence-electron chi connectivity index (χ4n) is 2.99. The average molecular weight is 258 g/mol. The van der Waals surface area contributed by atoms with Crippen molar-refractivity contribution in [3.63, 3.8) is 0 Å². The largest absolute Gasteiger partial charge is 0.422 e. The van der Waals surface area contributed by atoms with Crippen LogP contribution in [0.3, 0.4) is 0 Å². The van der Waals surface area contributed by atoms with E-state index in [1.807, 2.05) is 0 Å². The second kappa shape index (κ2) is 3.11. The molecule has 2 aliphatic heterocycles. The summed E-state index contributed by atoms with van der Waals surface area (Å²) in [5.74, 6) is -0.585. The number of amides is 1.